The molecule has 2 aromatic heterocycles. The molecule has 1 aliphatic rings. The molecular formula is C15H16N2O. The van der Waals surface area contributed by atoms with Gasteiger partial charge in [-0.25, -0.2) is 0 Å². The highest BCUT2D eigenvalue weighted by atomic mass is 16.3. The second-order valence-corrected chi connectivity index (χ2v) is 4.93. The molecule has 0 fully saturated rings. The number of fused-ring (bicyclic) bond motifs is 1. The van der Waals surface area contributed by atoms with Gasteiger partial charge in [0.05, 0.1) is 6.10 Å². The standard InChI is InChI=1S/C15H16N2O/c1-10-7-12(9-16-8-10)15(18)13-5-4-11-3-2-6-17-14(11)13/h2-3,6-9,13,15,18H,4-5H2,1H3. The van der Waals surface area contributed by atoms with Gasteiger partial charge >= 0.3 is 0 Å². The van der Waals surface area contributed by atoms with E-state index >= 15 is 0 Å². The molecule has 0 spiro atoms. The van der Waals surface area contributed by atoms with Crippen LogP contribution in [0.15, 0.2) is 36.8 Å². The number of hydrogen-bond donors (Lipinski definition) is 1. The second kappa shape index (κ2) is 4.50. The quantitative estimate of drug-likeness (QED) is 0.877. The molecule has 18 heavy (non-hydrogen) atoms. The largest absolute Gasteiger partial charge is 0.388 e. The normalized spacial score (nSPS) is 19.6. The van der Waals surface area contributed by atoms with Crippen molar-refractivity contribution in [2.75, 3.05) is 0 Å². The number of aliphatic hydroxyl groups is 1. The Kier molecular flexibility index (Phi) is 2.84. The summed E-state index contributed by atoms with van der Waals surface area (Å²) in [4.78, 5) is 8.58. The van der Waals surface area contributed by atoms with Crippen molar-refractivity contribution in [3.05, 3.63) is 59.2 Å². The van der Waals surface area contributed by atoms with Crippen LogP contribution in [0.5, 0.6) is 0 Å². The van der Waals surface area contributed by atoms with Crippen molar-refractivity contribution in [2.24, 2.45) is 0 Å². The molecule has 0 saturated heterocycles. The predicted octanol–water partition coefficient (Wildman–Crippen LogP) is 2.55. The summed E-state index contributed by atoms with van der Waals surface area (Å²) in [6.07, 6.45) is 6.81. The number of aryl methyl sites for hydroxylation is 2. The minimum absolute atomic E-state index is 0.102. The van der Waals surface area contributed by atoms with Crippen LogP contribution in [-0.4, -0.2) is 15.1 Å². The van der Waals surface area contributed by atoms with E-state index in [2.05, 4.69) is 16.0 Å². The number of pyridine rings is 2. The Morgan fingerprint density at radius 2 is 2.28 bits per heavy atom. The molecule has 2 heterocycles. The Morgan fingerprint density at radius 3 is 3.11 bits per heavy atom. The van der Waals surface area contributed by atoms with Crippen LogP contribution in [0.1, 0.15) is 40.8 Å². The highest BCUT2D eigenvalue weighted by Gasteiger charge is 2.30. The second-order valence-electron chi connectivity index (χ2n) is 4.93. The lowest BCUT2D eigenvalue weighted by atomic mass is 9.94. The van der Waals surface area contributed by atoms with E-state index in [9.17, 15) is 5.11 Å². The third-order valence-corrected chi connectivity index (χ3v) is 3.62. The van der Waals surface area contributed by atoms with Crippen LogP contribution in [0.2, 0.25) is 0 Å². The molecule has 0 bridgehead atoms. The fourth-order valence-corrected chi connectivity index (χ4v) is 2.72. The third kappa shape index (κ3) is 1.91. The van der Waals surface area contributed by atoms with Gasteiger partial charge in [0.2, 0.25) is 0 Å². The van der Waals surface area contributed by atoms with Crippen LogP contribution in [0.4, 0.5) is 0 Å². The molecule has 2 aromatic rings. The number of hydrogen-bond acceptors (Lipinski definition) is 3. The maximum absolute atomic E-state index is 10.5. The lowest BCUT2D eigenvalue weighted by molar-refractivity contribution is 0.143. The molecule has 0 aromatic carbocycles. The Balaban J connectivity index is 1.93. The molecule has 0 amide bonds. The van der Waals surface area contributed by atoms with Crippen molar-refractivity contribution in [3.8, 4) is 0 Å². The van der Waals surface area contributed by atoms with Crippen LogP contribution < -0.4 is 0 Å². The molecule has 92 valence electrons. The van der Waals surface area contributed by atoms with E-state index in [-0.39, 0.29) is 5.92 Å². The molecule has 1 N–H and O–H groups in total. The van der Waals surface area contributed by atoms with E-state index in [1.807, 2.05) is 19.1 Å². The van der Waals surface area contributed by atoms with Gasteiger partial charge in [0.1, 0.15) is 0 Å². The fraction of sp³-hybridized carbons (Fsp3) is 0.333. The van der Waals surface area contributed by atoms with Gasteiger partial charge in [-0.1, -0.05) is 12.1 Å². The molecule has 0 aliphatic heterocycles. The first-order valence-electron chi connectivity index (χ1n) is 6.29. The van der Waals surface area contributed by atoms with E-state index in [4.69, 9.17) is 0 Å². The molecule has 3 heteroatoms. The van der Waals surface area contributed by atoms with Gasteiger partial charge in [0, 0.05) is 30.2 Å². The predicted molar refractivity (Wildman–Crippen MR) is 69.2 cm³/mol. The van der Waals surface area contributed by atoms with E-state index in [1.165, 1.54) is 5.56 Å². The van der Waals surface area contributed by atoms with Gasteiger partial charge in [-0.2, -0.15) is 0 Å². The van der Waals surface area contributed by atoms with E-state index in [0.717, 1.165) is 29.7 Å². The van der Waals surface area contributed by atoms with Crippen molar-refractivity contribution in [1.29, 1.82) is 0 Å². The summed E-state index contributed by atoms with van der Waals surface area (Å²) in [5.41, 5.74) is 4.28. The first-order valence-corrected chi connectivity index (χ1v) is 6.29. The van der Waals surface area contributed by atoms with Crippen molar-refractivity contribution in [2.45, 2.75) is 31.8 Å². The van der Waals surface area contributed by atoms with E-state index in [0.29, 0.717) is 0 Å². The maximum atomic E-state index is 10.5. The number of aliphatic hydroxyl groups excluding tert-OH is 1. The van der Waals surface area contributed by atoms with Gasteiger partial charge in [-0.05, 0) is 42.5 Å². The van der Waals surface area contributed by atoms with Gasteiger partial charge in [0.25, 0.3) is 0 Å². The van der Waals surface area contributed by atoms with E-state index in [1.54, 1.807) is 18.6 Å². The van der Waals surface area contributed by atoms with Crippen molar-refractivity contribution < 1.29 is 5.11 Å². The third-order valence-electron chi connectivity index (χ3n) is 3.62. The summed E-state index contributed by atoms with van der Waals surface area (Å²) >= 11 is 0. The molecule has 3 nitrogen and oxygen atoms in total. The first-order chi connectivity index (χ1) is 8.75. The molecule has 2 unspecified atom stereocenters. The average Bonchev–Trinajstić information content (AvgIpc) is 2.82. The Hall–Kier alpha value is -1.74. The molecule has 1 aliphatic carbocycles. The van der Waals surface area contributed by atoms with Crippen LogP contribution in [0.25, 0.3) is 0 Å². The Labute approximate surface area is 107 Å². The lowest BCUT2D eigenvalue weighted by Gasteiger charge is -2.18. The highest BCUT2D eigenvalue weighted by molar-refractivity contribution is 5.32. The molecule has 0 saturated carbocycles. The Bertz CT molecular complexity index is 568. The summed E-state index contributed by atoms with van der Waals surface area (Å²) < 4.78 is 0. The zero-order valence-electron chi connectivity index (χ0n) is 10.4. The van der Waals surface area contributed by atoms with Gasteiger partial charge in [-0.3, -0.25) is 9.97 Å². The molecular weight excluding hydrogens is 224 g/mol. The van der Waals surface area contributed by atoms with Gasteiger partial charge in [0.15, 0.2) is 0 Å². The van der Waals surface area contributed by atoms with Crippen molar-refractivity contribution >= 4 is 0 Å². The highest BCUT2D eigenvalue weighted by Crippen LogP contribution is 2.40. The van der Waals surface area contributed by atoms with Gasteiger partial charge < -0.3 is 5.11 Å². The van der Waals surface area contributed by atoms with Crippen LogP contribution in [0.3, 0.4) is 0 Å². The summed E-state index contributed by atoms with van der Waals surface area (Å²) in [5, 5.41) is 10.5. The molecule has 0 radical (unpaired) electrons. The molecule has 2 atom stereocenters. The topological polar surface area (TPSA) is 46.0 Å². The monoisotopic (exact) mass is 240 g/mol. The SMILES string of the molecule is Cc1cncc(C(O)C2CCc3cccnc32)c1. The zero-order chi connectivity index (χ0) is 12.5. The van der Waals surface area contributed by atoms with Crippen LogP contribution in [-0.2, 0) is 6.42 Å². The smallest absolute Gasteiger partial charge is 0.0888 e. The number of rotatable bonds is 2. The van der Waals surface area contributed by atoms with Crippen LogP contribution >= 0.6 is 0 Å². The summed E-state index contributed by atoms with van der Waals surface area (Å²) in [6, 6.07) is 6.06. The van der Waals surface area contributed by atoms with Gasteiger partial charge in [-0.15, -0.1) is 0 Å². The first kappa shape index (κ1) is 11.4. The lowest BCUT2D eigenvalue weighted by Crippen LogP contribution is -2.10. The fourth-order valence-electron chi connectivity index (χ4n) is 2.72. The minimum Gasteiger partial charge on any atom is -0.388 e. The van der Waals surface area contributed by atoms with E-state index < -0.39 is 6.10 Å². The summed E-state index contributed by atoms with van der Waals surface area (Å²) in [7, 11) is 0. The van der Waals surface area contributed by atoms with Crippen LogP contribution in [0, 0.1) is 6.92 Å². The number of nitrogens with zero attached hydrogens (tertiary/aromatic N) is 2. The Morgan fingerprint density at radius 1 is 1.39 bits per heavy atom. The van der Waals surface area contributed by atoms with Crippen molar-refractivity contribution in [3.63, 3.8) is 0 Å². The molecule has 3 rings (SSSR count). The maximum Gasteiger partial charge on any atom is 0.0888 e. The summed E-state index contributed by atoms with van der Waals surface area (Å²) in [6.45, 7) is 1.99. The number of aromatic nitrogens is 2. The average molecular weight is 240 g/mol. The zero-order valence-corrected chi connectivity index (χ0v) is 10.4. The van der Waals surface area contributed by atoms with Crippen molar-refractivity contribution in [1.82, 2.24) is 9.97 Å². The minimum atomic E-state index is -0.506. The summed E-state index contributed by atoms with van der Waals surface area (Å²) in [5.74, 6) is 0.102.